The third kappa shape index (κ3) is 2.86. The maximum absolute atomic E-state index is 9.15. The summed E-state index contributed by atoms with van der Waals surface area (Å²) in [5.74, 6) is 0.626. The molecule has 0 saturated heterocycles. The highest BCUT2D eigenvalue weighted by Gasteiger charge is 2.44. The number of aliphatic hydroxyl groups is 1. The lowest BCUT2D eigenvalue weighted by Crippen LogP contribution is -2.41. The molecule has 1 fully saturated rings. The van der Waals surface area contributed by atoms with Crippen LogP contribution >= 0.6 is 0 Å². The van der Waals surface area contributed by atoms with Gasteiger partial charge in [-0.1, -0.05) is 32.8 Å². The van der Waals surface area contributed by atoms with E-state index in [1.807, 2.05) is 6.92 Å². The summed E-state index contributed by atoms with van der Waals surface area (Å²) in [6, 6.07) is 0. The molecule has 16 heavy (non-hydrogen) atoms. The van der Waals surface area contributed by atoms with E-state index in [1.165, 1.54) is 12.0 Å². The molecule has 0 aromatic carbocycles. The van der Waals surface area contributed by atoms with E-state index in [0.717, 1.165) is 31.6 Å². The van der Waals surface area contributed by atoms with Crippen LogP contribution in [0.2, 0.25) is 0 Å². The molecule has 2 heteroatoms. The molecule has 1 saturated carbocycles. The van der Waals surface area contributed by atoms with Gasteiger partial charge in [0.25, 0.3) is 0 Å². The van der Waals surface area contributed by atoms with Crippen molar-refractivity contribution in [2.24, 2.45) is 11.3 Å². The number of ether oxygens (including phenoxy) is 1. The average Bonchev–Trinajstić information content (AvgIpc) is 2.26. The molecule has 0 bridgehead atoms. The first-order valence-corrected chi connectivity index (χ1v) is 6.41. The topological polar surface area (TPSA) is 29.5 Å². The van der Waals surface area contributed by atoms with Gasteiger partial charge in [0.2, 0.25) is 0 Å². The molecule has 2 nitrogen and oxygen atoms in total. The van der Waals surface area contributed by atoms with Crippen LogP contribution in [0.15, 0.2) is 11.1 Å². The zero-order chi connectivity index (χ0) is 12.2. The van der Waals surface area contributed by atoms with Gasteiger partial charge in [-0.3, -0.25) is 0 Å². The van der Waals surface area contributed by atoms with E-state index in [2.05, 4.69) is 20.8 Å². The Kier molecular flexibility index (Phi) is 5.00. The highest BCUT2D eigenvalue weighted by molar-refractivity contribution is 5.29. The number of unbranched alkanes of at least 4 members (excludes halogenated alkanes) is 1. The van der Waals surface area contributed by atoms with Crippen molar-refractivity contribution in [3.63, 3.8) is 0 Å². The van der Waals surface area contributed by atoms with Crippen LogP contribution in [0.4, 0.5) is 0 Å². The number of allylic oxidation sites excluding steroid dienone is 1. The average molecular weight is 226 g/mol. The van der Waals surface area contributed by atoms with Gasteiger partial charge >= 0.3 is 0 Å². The standard InChI is InChI=1S/C14H26O2/c1-5-6-7-16-10-12-8-13(11(2)9-15)14(12,3)4/h12,15H,5-10H2,1-4H3/b13-11+. The molecule has 0 aromatic heterocycles. The number of aliphatic hydroxyl groups excluding tert-OH is 1. The molecule has 1 rings (SSSR count). The van der Waals surface area contributed by atoms with Gasteiger partial charge in [-0.2, -0.15) is 0 Å². The van der Waals surface area contributed by atoms with Gasteiger partial charge in [0, 0.05) is 6.61 Å². The van der Waals surface area contributed by atoms with Crippen LogP contribution in [0.3, 0.4) is 0 Å². The minimum Gasteiger partial charge on any atom is -0.392 e. The molecule has 0 aromatic rings. The smallest absolute Gasteiger partial charge is 0.0641 e. The molecule has 1 aliphatic rings. The van der Waals surface area contributed by atoms with Crippen LogP contribution in [0, 0.1) is 11.3 Å². The normalized spacial score (nSPS) is 26.4. The Bertz CT molecular complexity index is 253. The lowest BCUT2D eigenvalue weighted by atomic mass is 9.58. The summed E-state index contributed by atoms with van der Waals surface area (Å²) in [7, 11) is 0. The molecule has 1 atom stereocenters. The largest absolute Gasteiger partial charge is 0.392 e. The zero-order valence-corrected chi connectivity index (χ0v) is 11.2. The predicted octanol–water partition coefficient (Wildman–Crippen LogP) is 3.16. The summed E-state index contributed by atoms with van der Waals surface area (Å²) < 4.78 is 5.69. The number of hydrogen-bond donors (Lipinski definition) is 1. The maximum atomic E-state index is 9.15. The van der Waals surface area contributed by atoms with Crippen molar-refractivity contribution in [3.8, 4) is 0 Å². The van der Waals surface area contributed by atoms with Gasteiger partial charge in [-0.25, -0.2) is 0 Å². The summed E-state index contributed by atoms with van der Waals surface area (Å²) in [6.45, 7) is 10.7. The Morgan fingerprint density at radius 2 is 2.19 bits per heavy atom. The highest BCUT2D eigenvalue weighted by atomic mass is 16.5. The molecular weight excluding hydrogens is 200 g/mol. The van der Waals surface area contributed by atoms with E-state index in [1.54, 1.807) is 0 Å². The molecule has 94 valence electrons. The monoisotopic (exact) mass is 226 g/mol. The van der Waals surface area contributed by atoms with Crippen LogP contribution in [-0.4, -0.2) is 24.9 Å². The van der Waals surface area contributed by atoms with Gasteiger partial charge in [0.05, 0.1) is 13.2 Å². The van der Waals surface area contributed by atoms with Gasteiger partial charge in [0.15, 0.2) is 0 Å². The van der Waals surface area contributed by atoms with Crippen LogP contribution in [0.1, 0.15) is 47.0 Å². The van der Waals surface area contributed by atoms with Crippen LogP contribution in [0.25, 0.3) is 0 Å². The van der Waals surface area contributed by atoms with E-state index in [9.17, 15) is 0 Å². The second-order valence-electron chi connectivity index (χ2n) is 5.47. The first kappa shape index (κ1) is 13.7. The molecule has 1 aliphatic carbocycles. The Morgan fingerprint density at radius 3 is 2.69 bits per heavy atom. The van der Waals surface area contributed by atoms with Crippen LogP contribution < -0.4 is 0 Å². The van der Waals surface area contributed by atoms with Gasteiger partial charge < -0.3 is 9.84 Å². The fourth-order valence-electron chi connectivity index (χ4n) is 2.44. The highest BCUT2D eigenvalue weighted by Crippen LogP contribution is 2.52. The Morgan fingerprint density at radius 1 is 1.50 bits per heavy atom. The van der Waals surface area contributed by atoms with E-state index < -0.39 is 0 Å². The predicted molar refractivity (Wildman–Crippen MR) is 67.4 cm³/mol. The molecule has 0 radical (unpaired) electrons. The van der Waals surface area contributed by atoms with E-state index in [-0.39, 0.29) is 12.0 Å². The zero-order valence-electron chi connectivity index (χ0n) is 11.2. The van der Waals surface area contributed by atoms with Crippen molar-refractivity contribution < 1.29 is 9.84 Å². The molecule has 0 aliphatic heterocycles. The Labute approximate surface area is 99.7 Å². The van der Waals surface area contributed by atoms with Gasteiger partial charge in [0.1, 0.15) is 0 Å². The fraction of sp³-hybridized carbons (Fsp3) is 0.857. The van der Waals surface area contributed by atoms with Crippen molar-refractivity contribution in [1.82, 2.24) is 0 Å². The number of rotatable bonds is 6. The molecular formula is C14H26O2. The van der Waals surface area contributed by atoms with Gasteiger partial charge in [-0.05, 0) is 36.7 Å². The molecule has 0 heterocycles. The second kappa shape index (κ2) is 5.83. The minimum atomic E-state index is 0.197. The summed E-state index contributed by atoms with van der Waals surface area (Å²) in [6.07, 6.45) is 3.46. The third-order valence-corrected chi connectivity index (χ3v) is 3.96. The molecule has 1 unspecified atom stereocenters. The summed E-state index contributed by atoms with van der Waals surface area (Å²) in [5, 5.41) is 9.15. The SMILES string of the molecule is CCCCOCC1C/C(=C(/C)CO)C1(C)C. The lowest BCUT2D eigenvalue weighted by Gasteiger charge is -2.48. The minimum absolute atomic E-state index is 0.197. The first-order valence-electron chi connectivity index (χ1n) is 6.41. The summed E-state index contributed by atoms with van der Waals surface area (Å²) in [4.78, 5) is 0. The molecule has 0 spiro atoms. The van der Waals surface area contributed by atoms with Crippen molar-refractivity contribution in [2.45, 2.75) is 47.0 Å². The Balaban J connectivity index is 2.39. The number of hydrogen-bond acceptors (Lipinski definition) is 2. The Hall–Kier alpha value is -0.340. The van der Waals surface area contributed by atoms with Gasteiger partial charge in [-0.15, -0.1) is 0 Å². The quantitative estimate of drug-likeness (QED) is 0.557. The van der Waals surface area contributed by atoms with Crippen LogP contribution in [-0.2, 0) is 4.74 Å². The summed E-state index contributed by atoms with van der Waals surface area (Å²) >= 11 is 0. The van der Waals surface area contributed by atoms with Crippen molar-refractivity contribution in [2.75, 3.05) is 19.8 Å². The maximum Gasteiger partial charge on any atom is 0.0641 e. The third-order valence-electron chi connectivity index (χ3n) is 3.96. The molecule has 1 N–H and O–H groups in total. The van der Waals surface area contributed by atoms with Crippen molar-refractivity contribution in [1.29, 1.82) is 0 Å². The molecule has 0 amide bonds. The van der Waals surface area contributed by atoms with Crippen LogP contribution in [0.5, 0.6) is 0 Å². The van der Waals surface area contributed by atoms with Crippen molar-refractivity contribution >= 4 is 0 Å². The second-order valence-corrected chi connectivity index (χ2v) is 5.47. The van der Waals surface area contributed by atoms with E-state index in [4.69, 9.17) is 9.84 Å². The van der Waals surface area contributed by atoms with E-state index >= 15 is 0 Å². The fourth-order valence-corrected chi connectivity index (χ4v) is 2.44. The van der Waals surface area contributed by atoms with E-state index in [0.29, 0.717) is 5.92 Å². The lowest BCUT2D eigenvalue weighted by molar-refractivity contribution is 0.0252. The van der Waals surface area contributed by atoms with Crippen molar-refractivity contribution in [3.05, 3.63) is 11.1 Å². The first-order chi connectivity index (χ1) is 7.54. The summed E-state index contributed by atoms with van der Waals surface area (Å²) in [5.41, 5.74) is 2.80.